The van der Waals surface area contributed by atoms with E-state index < -0.39 is 40.6 Å². The summed E-state index contributed by atoms with van der Waals surface area (Å²) < 4.78 is 57.7. The van der Waals surface area contributed by atoms with Crippen LogP contribution in [0.25, 0.3) is 0 Å². The molecular weight excluding hydrogens is 396 g/mol. The average Bonchev–Trinajstić information content (AvgIpc) is 2.63. The summed E-state index contributed by atoms with van der Waals surface area (Å²) >= 11 is 0. The van der Waals surface area contributed by atoms with E-state index in [4.69, 9.17) is 4.74 Å². The maximum Gasteiger partial charge on any atom is 0.435 e. The van der Waals surface area contributed by atoms with E-state index in [1.165, 1.54) is 25.3 Å². The van der Waals surface area contributed by atoms with Crippen LogP contribution < -0.4 is 15.6 Å². The number of H-pyrrole nitrogens is 1. The van der Waals surface area contributed by atoms with Crippen molar-refractivity contribution in [1.82, 2.24) is 15.2 Å². The number of alkyl halides is 3. The maximum atomic E-state index is 13.3. The second kappa shape index (κ2) is 7.70. The SMILES string of the molecule is Cc1cc(F)ccc1Oc1nnc(C(F)(F)F)cc1C(=O)Nc1cc[nH]c(=O)c1. The number of rotatable bonds is 4. The summed E-state index contributed by atoms with van der Waals surface area (Å²) in [5, 5.41) is 8.71. The zero-order valence-corrected chi connectivity index (χ0v) is 14.7. The molecule has 0 fully saturated rings. The van der Waals surface area contributed by atoms with Gasteiger partial charge in [0, 0.05) is 18.0 Å². The minimum absolute atomic E-state index is 0.0491. The maximum absolute atomic E-state index is 13.3. The lowest BCUT2D eigenvalue weighted by molar-refractivity contribution is -0.141. The number of benzene rings is 1. The van der Waals surface area contributed by atoms with Crippen molar-refractivity contribution in [2.75, 3.05) is 5.32 Å². The molecule has 150 valence electrons. The van der Waals surface area contributed by atoms with Crippen LogP contribution in [0.3, 0.4) is 0 Å². The van der Waals surface area contributed by atoms with E-state index in [-0.39, 0.29) is 11.4 Å². The molecule has 3 rings (SSSR count). The van der Waals surface area contributed by atoms with E-state index in [2.05, 4.69) is 20.5 Å². The van der Waals surface area contributed by atoms with Crippen molar-refractivity contribution >= 4 is 11.6 Å². The second-order valence-corrected chi connectivity index (χ2v) is 5.85. The van der Waals surface area contributed by atoms with E-state index in [1.54, 1.807) is 0 Å². The number of carbonyl (C=O) groups is 1. The molecule has 0 saturated heterocycles. The highest BCUT2D eigenvalue weighted by atomic mass is 19.4. The first-order valence-corrected chi connectivity index (χ1v) is 8.02. The van der Waals surface area contributed by atoms with Gasteiger partial charge in [-0.05, 0) is 42.8 Å². The highest BCUT2D eigenvalue weighted by Crippen LogP contribution is 2.32. The topological polar surface area (TPSA) is 97.0 Å². The quantitative estimate of drug-likeness (QED) is 0.642. The normalized spacial score (nSPS) is 11.2. The van der Waals surface area contributed by atoms with Crippen molar-refractivity contribution in [1.29, 1.82) is 0 Å². The van der Waals surface area contributed by atoms with Crippen molar-refractivity contribution in [2.24, 2.45) is 0 Å². The van der Waals surface area contributed by atoms with Gasteiger partial charge in [0.25, 0.3) is 11.8 Å². The van der Waals surface area contributed by atoms with Crippen LogP contribution in [-0.4, -0.2) is 21.1 Å². The van der Waals surface area contributed by atoms with E-state index >= 15 is 0 Å². The molecule has 0 unspecified atom stereocenters. The molecule has 7 nitrogen and oxygen atoms in total. The van der Waals surface area contributed by atoms with Crippen molar-refractivity contribution < 1.29 is 27.1 Å². The van der Waals surface area contributed by atoms with Gasteiger partial charge in [0.15, 0.2) is 5.69 Å². The number of amides is 1. The van der Waals surface area contributed by atoms with Gasteiger partial charge in [-0.2, -0.15) is 13.2 Å². The Balaban J connectivity index is 2.01. The summed E-state index contributed by atoms with van der Waals surface area (Å²) in [6.45, 7) is 1.51. The zero-order chi connectivity index (χ0) is 21.2. The number of nitrogens with zero attached hydrogens (tertiary/aromatic N) is 2. The summed E-state index contributed by atoms with van der Waals surface area (Å²) in [6.07, 6.45) is -3.60. The molecule has 1 aromatic carbocycles. The predicted octanol–water partition coefficient (Wildman–Crippen LogP) is 3.68. The average molecular weight is 408 g/mol. The molecule has 2 heterocycles. The standard InChI is InChI=1S/C18H12F4N4O3/c1-9-6-10(19)2-3-13(9)29-17-12(8-14(25-26-17)18(20,21)22)16(28)24-11-4-5-23-15(27)7-11/h2-8H,1H3,(H2,23,24,27,28). The molecule has 0 bridgehead atoms. The molecule has 11 heteroatoms. The zero-order valence-electron chi connectivity index (χ0n) is 14.7. The van der Waals surface area contributed by atoms with Gasteiger partial charge in [-0.15, -0.1) is 10.2 Å². The second-order valence-electron chi connectivity index (χ2n) is 5.85. The van der Waals surface area contributed by atoms with Crippen LogP contribution in [0.2, 0.25) is 0 Å². The van der Waals surface area contributed by atoms with Crippen LogP contribution in [0.1, 0.15) is 21.6 Å². The van der Waals surface area contributed by atoms with Crippen molar-refractivity contribution in [3.05, 3.63) is 75.6 Å². The summed E-state index contributed by atoms with van der Waals surface area (Å²) in [4.78, 5) is 26.2. The summed E-state index contributed by atoms with van der Waals surface area (Å²) in [5.74, 6) is -1.99. The third-order valence-electron chi connectivity index (χ3n) is 3.67. The Morgan fingerprint density at radius 2 is 1.90 bits per heavy atom. The Labute approximate surface area is 160 Å². The van der Waals surface area contributed by atoms with Gasteiger partial charge >= 0.3 is 6.18 Å². The lowest BCUT2D eigenvalue weighted by Gasteiger charge is -2.13. The first-order valence-electron chi connectivity index (χ1n) is 8.02. The Morgan fingerprint density at radius 1 is 1.14 bits per heavy atom. The summed E-state index contributed by atoms with van der Waals surface area (Å²) in [6, 6.07) is 6.32. The molecule has 0 spiro atoms. The van der Waals surface area contributed by atoms with Gasteiger partial charge in [-0.25, -0.2) is 4.39 Å². The minimum Gasteiger partial charge on any atom is -0.437 e. The van der Waals surface area contributed by atoms with E-state index in [1.807, 2.05) is 0 Å². The van der Waals surface area contributed by atoms with Crippen molar-refractivity contribution in [3.63, 3.8) is 0 Å². The lowest BCUT2D eigenvalue weighted by Crippen LogP contribution is -2.18. The monoisotopic (exact) mass is 408 g/mol. The van der Waals surface area contributed by atoms with Gasteiger partial charge < -0.3 is 15.0 Å². The highest BCUT2D eigenvalue weighted by Gasteiger charge is 2.35. The highest BCUT2D eigenvalue weighted by molar-refractivity contribution is 6.05. The molecule has 2 aromatic heterocycles. The summed E-state index contributed by atoms with van der Waals surface area (Å²) in [5.41, 5.74) is -2.13. The number of aromatic nitrogens is 3. The Bertz CT molecular complexity index is 1130. The predicted molar refractivity (Wildman–Crippen MR) is 93.3 cm³/mol. The molecule has 1 amide bonds. The molecule has 29 heavy (non-hydrogen) atoms. The third-order valence-corrected chi connectivity index (χ3v) is 3.67. The van der Waals surface area contributed by atoms with E-state index in [9.17, 15) is 27.2 Å². The number of carbonyl (C=O) groups excluding carboxylic acids is 1. The number of ether oxygens (including phenoxy) is 1. The van der Waals surface area contributed by atoms with Gasteiger partial charge in [0.1, 0.15) is 17.1 Å². The fourth-order valence-electron chi connectivity index (χ4n) is 2.31. The molecule has 0 radical (unpaired) electrons. The molecule has 0 saturated carbocycles. The number of anilines is 1. The largest absolute Gasteiger partial charge is 0.437 e. The molecule has 0 aliphatic rings. The van der Waals surface area contributed by atoms with Crippen LogP contribution in [-0.2, 0) is 6.18 Å². The van der Waals surface area contributed by atoms with Crippen LogP contribution >= 0.6 is 0 Å². The van der Waals surface area contributed by atoms with Gasteiger partial charge in [-0.1, -0.05) is 0 Å². The van der Waals surface area contributed by atoms with E-state index in [0.29, 0.717) is 11.6 Å². The van der Waals surface area contributed by atoms with Crippen LogP contribution in [0.4, 0.5) is 23.2 Å². The summed E-state index contributed by atoms with van der Waals surface area (Å²) in [7, 11) is 0. The van der Waals surface area contributed by atoms with Crippen LogP contribution in [0.15, 0.2) is 47.4 Å². The van der Waals surface area contributed by atoms with Crippen LogP contribution in [0.5, 0.6) is 11.6 Å². The molecule has 0 atom stereocenters. The molecule has 3 aromatic rings. The first kappa shape index (κ1) is 20.0. The lowest BCUT2D eigenvalue weighted by atomic mass is 10.2. The van der Waals surface area contributed by atoms with Crippen molar-refractivity contribution in [2.45, 2.75) is 13.1 Å². The number of nitrogens with one attached hydrogen (secondary N) is 2. The number of halogens is 4. The molecule has 2 N–H and O–H groups in total. The Morgan fingerprint density at radius 3 is 2.55 bits per heavy atom. The van der Waals surface area contributed by atoms with Gasteiger partial charge in [-0.3, -0.25) is 9.59 Å². The number of pyridine rings is 1. The Kier molecular flexibility index (Phi) is 5.31. The van der Waals surface area contributed by atoms with Crippen LogP contribution in [0, 0.1) is 12.7 Å². The Hall–Kier alpha value is -3.76. The first-order chi connectivity index (χ1) is 13.6. The number of hydrogen-bond acceptors (Lipinski definition) is 5. The van der Waals surface area contributed by atoms with Gasteiger partial charge in [0.05, 0.1) is 0 Å². The fraction of sp³-hybridized carbons (Fsp3) is 0.111. The van der Waals surface area contributed by atoms with Gasteiger partial charge in [0.2, 0.25) is 5.56 Å². The fourth-order valence-corrected chi connectivity index (χ4v) is 2.31. The molecule has 0 aliphatic heterocycles. The molecular formula is C18H12F4N4O3. The minimum atomic E-state index is -4.85. The van der Waals surface area contributed by atoms with E-state index in [0.717, 1.165) is 18.2 Å². The third kappa shape index (κ3) is 4.75. The number of aromatic amines is 1. The molecule has 0 aliphatic carbocycles. The smallest absolute Gasteiger partial charge is 0.435 e. The van der Waals surface area contributed by atoms with Crippen molar-refractivity contribution in [3.8, 4) is 11.6 Å². The number of hydrogen-bond donors (Lipinski definition) is 2. The number of aryl methyl sites for hydroxylation is 1.